The molecule has 4 heteroatoms. The van der Waals surface area contributed by atoms with E-state index in [-0.39, 0.29) is 0 Å². The largest absolute Gasteiger partial charge is 0.493 e. The van der Waals surface area contributed by atoms with Crippen molar-refractivity contribution in [2.75, 3.05) is 13.2 Å². The van der Waals surface area contributed by atoms with Gasteiger partial charge in [0.05, 0.1) is 6.61 Å². The summed E-state index contributed by atoms with van der Waals surface area (Å²) < 4.78 is 5.90. The minimum atomic E-state index is 0.379. The van der Waals surface area contributed by atoms with E-state index >= 15 is 0 Å². The molecule has 1 aromatic carbocycles. The van der Waals surface area contributed by atoms with Crippen LogP contribution in [0.5, 0.6) is 5.75 Å². The summed E-state index contributed by atoms with van der Waals surface area (Å²) >= 11 is 0. The Balaban J connectivity index is 1.85. The molecule has 1 aliphatic carbocycles. The van der Waals surface area contributed by atoms with Gasteiger partial charge in [-0.2, -0.15) is 0 Å². The van der Waals surface area contributed by atoms with Crippen LogP contribution in [0.4, 0.5) is 0 Å². The lowest BCUT2D eigenvalue weighted by Gasteiger charge is -2.21. The first kappa shape index (κ1) is 14.5. The predicted molar refractivity (Wildman–Crippen MR) is 81.6 cm³/mol. The lowest BCUT2D eigenvalue weighted by molar-refractivity contribution is 0.209. The Kier molecular flexibility index (Phi) is 6.00. The molecule has 1 saturated carbocycles. The van der Waals surface area contributed by atoms with Gasteiger partial charge in [-0.05, 0) is 42.0 Å². The van der Waals surface area contributed by atoms with E-state index in [0.29, 0.717) is 12.5 Å². The van der Waals surface area contributed by atoms with Crippen molar-refractivity contribution in [2.45, 2.75) is 32.1 Å². The molecule has 1 fully saturated rings. The lowest BCUT2D eigenvalue weighted by atomic mass is 9.90. The first-order valence-electron chi connectivity index (χ1n) is 7.29. The average Bonchev–Trinajstić information content (AvgIpc) is 2.51. The highest BCUT2D eigenvalue weighted by molar-refractivity contribution is 5.51. The van der Waals surface area contributed by atoms with Crippen molar-refractivity contribution in [1.82, 2.24) is 0 Å². The Bertz CT molecular complexity index is 486. The van der Waals surface area contributed by atoms with Crippen molar-refractivity contribution < 1.29 is 4.74 Å². The van der Waals surface area contributed by atoms with Crippen LogP contribution in [-0.4, -0.2) is 13.2 Å². The van der Waals surface area contributed by atoms with E-state index in [1.807, 2.05) is 36.4 Å². The van der Waals surface area contributed by atoms with Gasteiger partial charge in [-0.25, -0.2) is 0 Å². The van der Waals surface area contributed by atoms with E-state index in [1.54, 1.807) is 0 Å². The molecule has 0 aromatic heterocycles. The van der Waals surface area contributed by atoms with Crippen LogP contribution in [0.15, 0.2) is 35.5 Å². The van der Waals surface area contributed by atoms with E-state index in [0.717, 1.165) is 17.9 Å². The van der Waals surface area contributed by atoms with Crippen LogP contribution in [0.25, 0.3) is 16.5 Å². The zero-order valence-electron chi connectivity index (χ0n) is 11.7. The highest BCUT2D eigenvalue weighted by atomic mass is 16.5. The van der Waals surface area contributed by atoms with Crippen molar-refractivity contribution in [1.29, 1.82) is 0 Å². The molecule has 0 spiro atoms. The summed E-state index contributed by atoms with van der Waals surface area (Å²) in [6.45, 7) is 1.20. The molecule has 0 aliphatic heterocycles. The Morgan fingerprint density at radius 2 is 2.15 bits per heavy atom. The minimum Gasteiger partial charge on any atom is -0.493 e. The van der Waals surface area contributed by atoms with Gasteiger partial charge < -0.3 is 4.74 Å². The number of azide groups is 1. The highest BCUT2D eigenvalue weighted by Gasteiger charge is 2.13. The normalized spacial score (nSPS) is 16.0. The third-order valence-electron chi connectivity index (χ3n) is 3.63. The molecular weight excluding hydrogens is 250 g/mol. The molecule has 4 nitrogen and oxygen atoms in total. The van der Waals surface area contributed by atoms with Crippen LogP contribution in [0.3, 0.4) is 0 Å². The molecule has 0 amide bonds. The van der Waals surface area contributed by atoms with E-state index in [4.69, 9.17) is 10.3 Å². The summed E-state index contributed by atoms with van der Waals surface area (Å²) in [5.41, 5.74) is 9.27. The standard InChI is InChI=1S/C16H21N3O/c17-19-18-11-5-9-14-8-4-10-16(12-14)20-13-15-6-2-1-3-7-15/h4-5,8-10,12,15H,1-3,6-7,11,13H2/b9-5+. The van der Waals surface area contributed by atoms with Crippen LogP contribution >= 0.6 is 0 Å². The van der Waals surface area contributed by atoms with Gasteiger partial charge in [0.15, 0.2) is 0 Å². The lowest BCUT2D eigenvalue weighted by Crippen LogP contribution is -2.15. The second-order valence-electron chi connectivity index (χ2n) is 5.20. The molecule has 0 unspecified atom stereocenters. The van der Waals surface area contributed by atoms with Crippen molar-refractivity contribution in [3.63, 3.8) is 0 Å². The maximum Gasteiger partial charge on any atom is 0.119 e. The van der Waals surface area contributed by atoms with Gasteiger partial charge in [0.25, 0.3) is 0 Å². The van der Waals surface area contributed by atoms with E-state index in [2.05, 4.69) is 10.0 Å². The summed E-state index contributed by atoms with van der Waals surface area (Å²) in [7, 11) is 0. The van der Waals surface area contributed by atoms with Gasteiger partial charge in [-0.1, -0.05) is 48.7 Å². The van der Waals surface area contributed by atoms with E-state index < -0.39 is 0 Å². The number of ether oxygens (including phenoxy) is 1. The van der Waals surface area contributed by atoms with Crippen LogP contribution < -0.4 is 4.74 Å². The van der Waals surface area contributed by atoms with Crippen molar-refractivity contribution >= 4 is 6.08 Å². The molecule has 0 saturated heterocycles. The predicted octanol–water partition coefficient (Wildman–Crippen LogP) is 4.97. The first-order valence-corrected chi connectivity index (χ1v) is 7.29. The third kappa shape index (κ3) is 4.98. The van der Waals surface area contributed by atoms with Gasteiger partial charge in [-0.3, -0.25) is 0 Å². The Morgan fingerprint density at radius 3 is 2.95 bits per heavy atom. The van der Waals surface area contributed by atoms with Crippen molar-refractivity contribution in [2.24, 2.45) is 11.0 Å². The fourth-order valence-electron chi connectivity index (χ4n) is 2.55. The summed E-state index contributed by atoms with van der Waals surface area (Å²) in [5, 5.41) is 3.47. The van der Waals surface area contributed by atoms with E-state index in [1.165, 1.54) is 32.1 Å². The molecule has 2 rings (SSSR count). The Hall–Kier alpha value is -1.93. The van der Waals surface area contributed by atoms with Crippen LogP contribution in [0.2, 0.25) is 0 Å². The van der Waals surface area contributed by atoms with E-state index in [9.17, 15) is 0 Å². The van der Waals surface area contributed by atoms with Gasteiger partial charge in [-0.15, -0.1) is 0 Å². The molecule has 1 aromatic rings. The highest BCUT2D eigenvalue weighted by Crippen LogP contribution is 2.25. The second-order valence-corrected chi connectivity index (χ2v) is 5.20. The molecular formula is C16H21N3O. The van der Waals surface area contributed by atoms with Crippen LogP contribution in [-0.2, 0) is 0 Å². The molecule has 20 heavy (non-hydrogen) atoms. The smallest absolute Gasteiger partial charge is 0.119 e. The summed E-state index contributed by atoms with van der Waals surface area (Å²) in [4.78, 5) is 2.71. The fraction of sp³-hybridized carbons (Fsp3) is 0.500. The number of hydrogen-bond donors (Lipinski definition) is 0. The van der Waals surface area contributed by atoms with Gasteiger partial charge in [0.1, 0.15) is 5.75 Å². The Labute approximate surface area is 120 Å². The molecule has 0 atom stereocenters. The van der Waals surface area contributed by atoms with Crippen LogP contribution in [0, 0.1) is 5.92 Å². The fourth-order valence-corrected chi connectivity index (χ4v) is 2.55. The van der Waals surface area contributed by atoms with Gasteiger partial charge in [0, 0.05) is 11.5 Å². The molecule has 1 aliphatic rings. The minimum absolute atomic E-state index is 0.379. The quantitative estimate of drug-likeness (QED) is 0.409. The van der Waals surface area contributed by atoms with Gasteiger partial charge >= 0.3 is 0 Å². The zero-order valence-corrected chi connectivity index (χ0v) is 11.7. The topological polar surface area (TPSA) is 58.0 Å². The van der Waals surface area contributed by atoms with Crippen molar-refractivity contribution in [3.8, 4) is 5.75 Å². The average molecular weight is 271 g/mol. The number of hydrogen-bond acceptors (Lipinski definition) is 2. The van der Waals surface area contributed by atoms with Crippen molar-refractivity contribution in [3.05, 3.63) is 46.3 Å². The maximum absolute atomic E-state index is 8.21. The monoisotopic (exact) mass is 271 g/mol. The number of benzene rings is 1. The molecule has 0 heterocycles. The summed E-state index contributed by atoms with van der Waals surface area (Å²) in [6.07, 6.45) is 10.5. The number of rotatable bonds is 6. The molecule has 0 bridgehead atoms. The molecule has 0 radical (unpaired) electrons. The molecule has 106 valence electrons. The number of nitrogens with zero attached hydrogens (tertiary/aromatic N) is 3. The summed E-state index contributed by atoms with van der Waals surface area (Å²) in [6, 6.07) is 8.02. The SMILES string of the molecule is [N-]=[N+]=NC/C=C/c1cccc(OCC2CCCCC2)c1. The first-order chi connectivity index (χ1) is 9.88. The second kappa shape index (κ2) is 8.28. The van der Waals surface area contributed by atoms with Crippen LogP contribution in [0.1, 0.15) is 37.7 Å². The third-order valence-corrected chi connectivity index (χ3v) is 3.63. The zero-order chi connectivity index (χ0) is 14.0. The van der Waals surface area contributed by atoms with Gasteiger partial charge in [0.2, 0.25) is 0 Å². The summed E-state index contributed by atoms with van der Waals surface area (Å²) in [5.74, 6) is 1.63. The Morgan fingerprint density at radius 1 is 1.30 bits per heavy atom. The molecule has 0 N–H and O–H groups in total. The maximum atomic E-state index is 8.21.